The lowest BCUT2D eigenvalue weighted by molar-refractivity contribution is 0.0381. The lowest BCUT2D eigenvalue weighted by Gasteiger charge is -2.31. The number of ether oxygens (including phenoxy) is 2. The number of aromatic nitrogens is 4. The van der Waals surface area contributed by atoms with Crippen LogP contribution in [-0.2, 0) is 24.2 Å². The number of aromatic amines is 1. The highest BCUT2D eigenvalue weighted by Gasteiger charge is 2.29. The van der Waals surface area contributed by atoms with Gasteiger partial charge in [-0.2, -0.15) is 0 Å². The number of rotatable bonds is 6. The fourth-order valence-corrected chi connectivity index (χ4v) is 5.37. The Hall–Kier alpha value is -3.04. The van der Waals surface area contributed by atoms with Crippen molar-refractivity contribution < 1.29 is 9.47 Å². The monoisotopic (exact) mass is 476 g/mol. The molecular formula is C26H32N6O3. The van der Waals surface area contributed by atoms with Gasteiger partial charge in [0.2, 0.25) is 5.95 Å². The SMILES string of the molecule is COc1cc(C2CC2)c2c(=O)[nH]c(N3CCc4nc(CN5CCC(OC)CC5)ncc4C3)nc2c1. The van der Waals surface area contributed by atoms with Gasteiger partial charge in [-0.1, -0.05) is 0 Å². The maximum atomic E-state index is 13.1. The lowest BCUT2D eigenvalue weighted by Crippen LogP contribution is -2.37. The van der Waals surface area contributed by atoms with Gasteiger partial charge in [-0.15, -0.1) is 0 Å². The number of anilines is 1. The molecule has 0 atom stereocenters. The van der Waals surface area contributed by atoms with Crippen molar-refractivity contribution in [3.8, 4) is 5.75 Å². The first-order valence-corrected chi connectivity index (χ1v) is 12.6. The molecule has 3 aromatic rings. The molecule has 2 aliphatic heterocycles. The molecule has 9 heteroatoms. The highest BCUT2D eigenvalue weighted by Crippen LogP contribution is 2.43. The van der Waals surface area contributed by atoms with E-state index in [0.717, 1.165) is 86.7 Å². The number of piperidine rings is 1. The Morgan fingerprint density at radius 1 is 1.09 bits per heavy atom. The van der Waals surface area contributed by atoms with Gasteiger partial charge < -0.3 is 14.4 Å². The van der Waals surface area contributed by atoms with E-state index in [9.17, 15) is 4.79 Å². The zero-order valence-corrected chi connectivity index (χ0v) is 20.4. The highest BCUT2D eigenvalue weighted by molar-refractivity contribution is 5.85. The minimum Gasteiger partial charge on any atom is -0.497 e. The van der Waals surface area contributed by atoms with Crippen LogP contribution in [0.2, 0.25) is 0 Å². The number of nitrogens with zero attached hydrogens (tertiary/aromatic N) is 5. The number of benzene rings is 1. The fraction of sp³-hybridized carbons (Fsp3) is 0.538. The van der Waals surface area contributed by atoms with Gasteiger partial charge >= 0.3 is 0 Å². The summed E-state index contributed by atoms with van der Waals surface area (Å²) in [5.74, 6) is 2.65. The zero-order chi connectivity index (χ0) is 23.9. The van der Waals surface area contributed by atoms with E-state index in [0.29, 0.717) is 35.4 Å². The van der Waals surface area contributed by atoms with Crippen LogP contribution in [0.5, 0.6) is 5.75 Å². The molecule has 1 N–H and O–H groups in total. The Labute approximate surface area is 204 Å². The number of hydrogen-bond acceptors (Lipinski definition) is 8. The maximum absolute atomic E-state index is 13.1. The van der Waals surface area contributed by atoms with Crippen LogP contribution in [-0.4, -0.2) is 64.8 Å². The molecule has 0 amide bonds. The van der Waals surface area contributed by atoms with Crippen molar-refractivity contribution in [2.45, 2.75) is 57.2 Å². The van der Waals surface area contributed by atoms with Crippen LogP contribution in [0.25, 0.3) is 10.9 Å². The Kier molecular flexibility index (Phi) is 5.89. The van der Waals surface area contributed by atoms with E-state index in [-0.39, 0.29) is 5.56 Å². The van der Waals surface area contributed by atoms with Crippen molar-refractivity contribution in [3.63, 3.8) is 0 Å². The van der Waals surface area contributed by atoms with E-state index in [1.165, 1.54) is 0 Å². The van der Waals surface area contributed by atoms with Crippen LogP contribution in [0.4, 0.5) is 5.95 Å². The van der Waals surface area contributed by atoms with Crippen LogP contribution in [0.3, 0.4) is 0 Å². The quantitative estimate of drug-likeness (QED) is 0.580. The summed E-state index contributed by atoms with van der Waals surface area (Å²) in [6.45, 7) is 4.18. The molecule has 184 valence electrons. The fourth-order valence-electron chi connectivity index (χ4n) is 5.37. The third-order valence-electron chi connectivity index (χ3n) is 7.57. The van der Waals surface area contributed by atoms with Crippen molar-refractivity contribution in [1.29, 1.82) is 0 Å². The van der Waals surface area contributed by atoms with Crippen molar-refractivity contribution in [3.05, 3.63) is 51.3 Å². The summed E-state index contributed by atoms with van der Waals surface area (Å²) in [5, 5.41) is 0.692. The summed E-state index contributed by atoms with van der Waals surface area (Å²) in [6, 6.07) is 3.85. The molecular weight excluding hydrogens is 444 g/mol. The highest BCUT2D eigenvalue weighted by atomic mass is 16.5. The van der Waals surface area contributed by atoms with Gasteiger partial charge in [-0.25, -0.2) is 15.0 Å². The van der Waals surface area contributed by atoms with Crippen molar-refractivity contribution >= 4 is 16.9 Å². The van der Waals surface area contributed by atoms with Gasteiger partial charge in [-0.3, -0.25) is 14.7 Å². The smallest absolute Gasteiger partial charge is 0.260 e. The van der Waals surface area contributed by atoms with Gasteiger partial charge in [-0.05, 0) is 43.2 Å². The van der Waals surface area contributed by atoms with E-state index in [4.69, 9.17) is 19.4 Å². The first-order chi connectivity index (χ1) is 17.1. The molecule has 3 aliphatic rings. The Balaban J connectivity index is 1.21. The Bertz CT molecular complexity index is 1300. The third kappa shape index (κ3) is 4.50. The van der Waals surface area contributed by atoms with Crippen LogP contribution in [0.1, 0.15) is 54.2 Å². The summed E-state index contributed by atoms with van der Waals surface area (Å²) in [6.07, 6.45) is 7.45. The van der Waals surface area contributed by atoms with Crippen LogP contribution in [0, 0.1) is 0 Å². The average molecular weight is 477 g/mol. The Morgan fingerprint density at radius 2 is 1.91 bits per heavy atom. The van der Waals surface area contributed by atoms with Gasteiger partial charge in [0.1, 0.15) is 11.6 Å². The molecule has 1 aromatic carbocycles. The van der Waals surface area contributed by atoms with Gasteiger partial charge in [0.25, 0.3) is 5.56 Å². The molecule has 1 saturated carbocycles. The number of likely N-dealkylation sites (tertiary alicyclic amines) is 1. The van der Waals surface area contributed by atoms with Crippen molar-refractivity contribution in [2.24, 2.45) is 0 Å². The molecule has 6 rings (SSSR count). The summed E-state index contributed by atoms with van der Waals surface area (Å²) < 4.78 is 11.0. The molecule has 0 bridgehead atoms. The molecule has 35 heavy (non-hydrogen) atoms. The maximum Gasteiger partial charge on any atom is 0.260 e. The minimum absolute atomic E-state index is 0.0795. The lowest BCUT2D eigenvalue weighted by atomic mass is 10.0. The Morgan fingerprint density at radius 3 is 2.66 bits per heavy atom. The molecule has 1 saturated heterocycles. The summed E-state index contributed by atoms with van der Waals surface area (Å²) in [4.78, 5) is 35.1. The second-order valence-corrected chi connectivity index (χ2v) is 9.92. The van der Waals surface area contributed by atoms with Crippen molar-refractivity contribution in [2.75, 3.05) is 38.8 Å². The standard InChI is InChI=1S/C26H32N6O3/c1-34-18-5-8-31(9-6-18)15-23-27-13-17-14-32(10-7-21(17)28-23)26-29-22-12-19(35-2)11-20(16-3-4-16)24(22)25(33)30-26/h11-13,16,18H,3-10,14-15H2,1-2H3,(H,29,30,33). The topological polar surface area (TPSA) is 96.5 Å². The first-order valence-electron chi connectivity index (χ1n) is 12.6. The number of fused-ring (bicyclic) bond motifs is 2. The van der Waals surface area contributed by atoms with Gasteiger partial charge in [0.15, 0.2) is 0 Å². The molecule has 2 aromatic heterocycles. The van der Waals surface area contributed by atoms with Gasteiger partial charge in [0.05, 0.1) is 36.4 Å². The van der Waals surface area contributed by atoms with E-state index in [1.807, 2.05) is 18.3 Å². The second kappa shape index (κ2) is 9.20. The minimum atomic E-state index is -0.0795. The number of hydrogen-bond donors (Lipinski definition) is 1. The normalized spacial score (nSPS) is 19.2. The largest absolute Gasteiger partial charge is 0.497 e. The van der Waals surface area contributed by atoms with Crippen LogP contribution < -0.4 is 15.2 Å². The summed E-state index contributed by atoms with van der Waals surface area (Å²) >= 11 is 0. The zero-order valence-electron chi connectivity index (χ0n) is 20.4. The number of H-pyrrole nitrogens is 1. The van der Waals surface area contributed by atoms with Crippen molar-refractivity contribution in [1.82, 2.24) is 24.8 Å². The molecule has 9 nitrogen and oxygen atoms in total. The van der Waals surface area contributed by atoms with Crippen LogP contribution in [0.15, 0.2) is 23.1 Å². The second-order valence-electron chi connectivity index (χ2n) is 9.92. The van der Waals surface area contributed by atoms with Gasteiger partial charge in [0, 0.05) is 57.5 Å². The molecule has 2 fully saturated rings. The predicted octanol–water partition coefficient (Wildman–Crippen LogP) is 2.77. The van der Waals surface area contributed by atoms with Crippen LogP contribution >= 0.6 is 0 Å². The summed E-state index contributed by atoms with van der Waals surface area (Å²) in [7, 11) is 3.45. The van der Waals surface area contributed by atoms with E-state index in [1.54, 1.807) is 14.2 Å². The molecule has 0 unspecified atom stereocenters. The van der Waals surface area contributed by atoms with E-state index < -0.39 is 0 Å². The number of methoxy groups -OCH3 is 2. The average Bonchev–Trinajstić information content (AvgIpc) is 3.73. The van der Waals surface area contributed by atoms with E-state index in [2.05, 4.69) is 19.8 Å². The molecule has 0 spiro atoms. The predicted molar refractivity (Wildman–Crippen MR) is 133 cm³/mol. The number of nitrogens with one attached hydrogen (secondary N) is 1. The molecule has 0 radical (unpaired) electrons. The molecule has 4 heterocycles. The summed E-state index contributed by atoms with van der Waals surface area (Å²) in [5.41, 5.74) is 3.85. The third-order valence-corrected chi connectivity index (χ3v) is 7.57. The molecule has 1 aliphatic carbocycles. The first kappa shape index (κ1) is 22.4. The van der Waals surface area contributed by atoms with E-state index >= 15 is 0 Å².